The molecule has 0 aliphatic heterocycles. The Morgan fingerprint density at radius 2 is 1.38 bits per heavy atom. The van der Waals surface area contributed by atoms with E-state index in [4.69, 9.17) is 0 Å². The topological polar surface area (TPSA) is 20.9 Å². The first-order chi connectivity index (χ1) is 12.7. The molecule has 1 heterocycles. The lowest BCUT2D eigenvalue weighted by molar-refractivity contribution is -0.685. The summed E-state index contributed by atoms with van der Waals surface area (Å²) in [6, 6.07) is 14.9. The minimum Gasteiger partial charge on any atom is -0.292 e. The fraction of sp³-hybridized carbons (Fsp3) is 0.500. The molecule has 4 bridgehead atoms. The van der Waals surface area contributed by atoms with Crippen LogP contribution in [0.2, 0.25) is 0 Å². The zero-order valence-electron chi connectivity index (χ0n) is 15.4. The zero-order chi connectivity index (χ0) is 17.6. The smallest absolute Gasteiger partial charge is 0.207 e. The number of rotatable bonds is 5. The van der Waals surface area contributed by atoms with E-state index in [0.29, 0.717) is 12.3 Å². The van der Waals surface area contributed by atoms with E-state index in [1.807, 2.05) is 0 Å². The zero-order valence-corrected chi connectivity index (χ0v) is 15.4. The van der Waals surface area contributed by atoms with Crippen LogP contribution in [0.15, 0.2) is 54.9 Å². The number of nitrogens with zero attached hydrogens (tertiary/aromatic N) is 1. The van der Waals surface area contributed by atoms with Gasteiger partial charge in [-0.05, 0) is 73.8 Å². The van der Waals surface area contributed by atoms with Gasteiger partial charge in [0.2, 0.25) is 12.3 Å². The minimum absolute atomic E-state index is 0.0183. The summed E-state index contributed by atoms with van der Waals surface area (Å²) in [5, 5.41) is 0. The lowest BCUT2D eigenvalue weighted by atomic mass is 9.48. The summed E-state index contributed by atoms with van der Waals surface area (Å²) in [4.78, 5) is 13.2. The number of pyridine rings is 1. The number of Topliss-reactive ketones (excluding diaryl/α,β-unsaturated/α-hetero) is 1. The largest absolute Gasteiger partial charge is 0.292 e. The standard InChI is InChI=1S/C24H28NO/c26-23(24-14-20-11-21(15-24)13-22(12-20)16-24)17-25-8-6-19(7-9-25)10-18-4-2-1-3-5-18/h1-9,20-22H,10-17H2/q+1. The van der Waals surface area contributed by atoms with Gasteiger partial charge >= 0.3 is 0 Å². The van der Waals surface area contributed by atoms with Crippen LogP contribution in [0.3, 0.4) is 0 Å². The second-order valence-electron chi connectivity index (χ2n) is 9.16. The van der Waals surface area contributed by atoms with Gasteiger partial charge in [0.25, 0.3) is 0 Å². The molecule has 0 amide bonds. The van der Waals surface area contributed by atoms with Gasteiger partial charge in [-0.15, -0.1) is 0 Å². The Bertz CT molecular complexity index is 757. The first-order valence-corrected chi connectivity index (χ1v) is 10.2. The van der Waals surface area contributed by atoms with Gasteiger partial charge in [-0.3, -0.25) is 4.79 Å². The molecule has 26 heavy (non-hydrogen) atoms. The van der Waals surface area contributed by atoms with Crippen molar-refractivity contribution in [2.24, 2.45) is 23.2 Å². The molecule has 0 unspecified atom stereocenters. The summed E-state index contributed by atoms with van der Waals surface area (Å²) in [7, 11) is 0. The number of carbonyl (C=O) groups excluding carboxylic acids is 1. The molecule has 4 saturated carbocycles. The van der Waals surface area contributed by atoms with Gasteiger partial charge in [-0.1, -0.05) is 30.3 Å². The van der Waals surface area contributed by atoms with Crippen LogP contribution in [0.1, 0.15) is 49.7 Å². The molecular weight excluding hydrogens is 318 g/mol. The third kappa shape index (κ3) is 3.00. The number of hydrogen-bond acceptors (Lipinski definition) is 1. The molecule has 2 heteroatoms. The van der Waals surface area contributed by atoms with Crippen molar-refractivity contribution < 1.29 is 9.36 Å². The number of aromatic nitrogens is 1. The lowest BCUT2D eigenvalue weighted by Gasteiger charge is -2.55. The molecule has 0 saturated heterocycles. The maximum Gasteiger partial charge on any atom is 0.207 e. The van der Waals surface area contributed by atoms with Crippen molar-refractivity contribution in [2.75, 3.05) is 0 Å². The summed E-state index contributed by atoms with van der Waals surface area (Å²) in [6.45, 7) is 0.553. The minimum atomic E-state index is 0.0183. The van der Waals surface area contributed by atoms with E-state index in [-0.39, 0.29) is 5.41 Å². The molecule has 0 N–H and O–H groups in total. The highest BCUT2D eigenvalue weighted by Gasteiger charge is 2.54. The predicted molar refractivity (Wildman–Crippen MR) is 101 cm³/mol. The monoisotopic (exact) mass is 346 g/mol. The highest BCUT2D eigenvalue weighted by molar-refractivity contribution is 5.84. The van der Waals surface area contributed by atoms with E-state index in [0.717, 1.165) is 24.2 Å². The van der Waals surface area contributed by atoms with Crippen LogP contribution in [-0.2, 0) is 17.8 Å². The Kier molecular flexibility index (Phi) is 3.95. The molecule has 4 aliphatic rings. The van der Waals surface area contributed by atoms with Gasteiger partial charge < -0.3 is 0 Å². The number of ketones is 1. The van der Waals surface area contributed by atoms with Crippen molar-refractivity contribution in [3.63, 3.8) is 0 Å². The van der Waals surface area contributed by atoms with E-state index in [1.54, 1.807) is 0 Å². The van der Waals surface area contributed by atoms with Crippen LogP contribution in [0.4, 0.5) is 0 Å². The van der Waals surface area contributed by atoms with Crippen molar-refractivity contribution in [1.82, 2.24) is 0 Å². The third-order valence-corrected chi connectivity index (χ3v) is 7.17. The molecule has 0 radical (unpaired) electrons. The van der Waals surface area contributed by atoms with Gasteiger partial charge in [-0.2, -0.15) is 4.57 Å². The van der Waals surface area contributed by atoms with Gasteiger partial charge in [-0.25, -0.2) is 0 Å². The molecule has 6 rings (SSSR count). The Morgan fingerprint density at radius 3 is 1.96 bits per heavy atom. The molecule has 4 aliphatic carbocycles. The summed E-state index contributed by atoms with van der Waals surface area (Å²) in [6.07, 6.45) is 12.8. The molecule has 2 nitrogen and oxygen atoms in total. The van der Waals surface area contributed by atoms with Crippen LogP contribution in [0.25, 0.3) is 0 Å². The van der Waals surface area contributed by atoms with E-state index >= 15 is 0 Å². The van der Waals surface area contributed by atoms with Crippen LogP contribution < -0.4 is 4.57 Å². The first kappa shape index (κ1) is 16.2. The molecule has 1 aromatic carbocycles. The van der Waals surface area contributed by atoms with Crippen molar-refractivity contribution in [1.29, 1.82) is 0 Å². The van der Waals surface area contributed by atoms with Crippen molar-refractivity contribution >= 4 is 5.78 Å². The Balaban J connectivity index is 1.27. The van der Waals surface area contributed by atoms with E-state index in [2.05, 4.69) is 59.4 Å². The van der Waals surface area contributed by atoms with Crippen molar-refractivity contribution in [2.45, 2.75) is 51.5 Å². The van der Waals surface area contributed by atoms with Crippen LogP contribution in [0, 0.1) is 23.2 Å². The quantitative estimate of drug-likeness (QED) is 0.737. The fourth-order valence-electron chi connectivity index (χ4n) is 6.33. The Morgan fingerprint density at radius 1 is 0.846 bits per heavy atom. The highest BCUT2D eigenvalue weighted by Crippen LogP contribution is 2.60. The lowest BCUT2D eigenvalue weighted by Crippen LogP contribution is -2.53. The molecule has 0 atom stereocenters. The van der Waals surface area contributed by atoms with Crippen LogP contribution >= 0.6 is 0 Å². The van der Waals surface area contributed by atoms with Gasteiger partial charge in [0, 0.05) is 17.5 Å². The molecule has 2 aromatic rings. The average Bonchev–Trinajstić information content (AvgIpc) is 2.63. The average molecular weight is 346 g/mol. The second kappa shape index (κ2) is 6.33. The summed E-state index contributed by atoms with van der Waals surface area (Å²) in [5.41, 5.74) is 2.65. The molecular formula is C24H28NO+. The number of carbonyl (C=O) groups is 1. The first-order valence-electron chi connectivity index (χ1n) is 10.2. The van der Waals surface area contributed by atoms with Gasteiger partial charge in [0.1, 0.15) is 0 Å². The SMILES string of the molecule is O=C(C[n+]1ccc(Cc2ccccc2)cc1)C12CC3CC(CC(C3)C1)C2. The molecule has 4 fully saturated rings. The van der Waals surface area contributed by atoms with Gasteiger partial charge in [0.15, 0.2) is 12.4 Å². The molecule has 1 aromatic heterocycles. The van der Waals surface area contributed by atoms with Crippen LogP contribution in [0.5, 0.6) is 0 Å². The predicted octanol–water partition coefficient (Wildman–Crippen LogP) is 4.35. The highest BCUT2D eigenvalue weighted by atomic mass is 16.1. The van der Waals surface area contributed by atoms with Crippen molar-refractivity contribution in [3.05, 3.63) is 66.0 Å². The van der Waals surface area contributed by atoms with E-state index < -0.39 is 0 Å². The molecule has 134 valence electrons. The number of benzene rings is 1. The number of hydrogen-bond donors (Lipinski definition) is 0. The molecule has 0 spiro atoms. The Hall–Kier alpha value is -1.96. The maximum atomic E-state index is 13.2. The van der Waals surface area contributed by atoms with Gasteiger partial charge in [0.05, 0.1) is 0 Å². The summed E-state index contributed by atoms with van der Waals surface area (Å²) in [5.74, 6) is 3.01. The fourth-order valence-corrected chi connectivity index (χ4v) is 6.33. The summed E-state index contributed by atoms with van der Waals surface area (Å²) >= 11 is 0. The van der Waals surface area contributed by atoms with Crippen LogP contribution in [-0.4, -0.2) is 5.78 Å². The normalized spacial score (nSPS) is 31.9. The Labute approximate surface area is 156 Å². The van der Waals surface area contributed by atoms with E-state index in [1.165, 1.54) is 49.7 Å². The summed E-state index contributed by atoms with van der Waals surface area (Å²) < 4.78 is 2.09. The van der Waals surface area contributed by atoms with E-state index in [9.17, 15) is 4.79 Å². The second-order valence-corrected chi connectivity index (χ2v) is 9.16. The van der Waals surface area contributed by atoms with Crippen molar-refractivity contribution in [3.8, 4) is 0 Å². The third-order valence-electron chi connectivity index (χ3n) is 7.17. The maximum absolute atomic E-state index is 13.2.